The molecule has 0 radical (unpaired) electrons. The van der Waals surface area contributed by atoms with Crippen molar-refractivity contribution in [3.63, 3.8) is 0 Å². The van der Waals surface area contributed by atoms with E-state index in [1.807, 2.05) is 57.0 Å². The number of likely N-dealkylation sites (N-methyl/N-ethyl adjacent to an activating group) is 1. The number of nitrogens with zero attached hydrogens (tertiary/aromatic N) is 4. The van der Waals surface area contributed by atoms with E-state index in [2.05, 4.69) is 9.97 Å². The van der Waals surface area contributed by atoms with E-state index < -0.39 is 5.60 Å². The molecule has 1 aromatic heterocycles. The molecule has 0 N–H and O–H groups in total. The summed E-state index contributed by atoms with van der Waals surface area (Å²) in [6, 6.07) is 7.76. The van der Waals surface area contributed by atoms with E-state index in [-0.39, 0.29) is 12.1 Å². The van der Waals surface area contributed by atoms with Crippen LogP contribution in [-0.4, -0.2) is 52.7 Å². The number of amides is 1. The molecule has 1 amide bonds. The molecule has 2 heterocycles. The van der Waals surface area contributed by atoms with Crippen molar-refractivity contribution in [1.82, 2.24) is 14.9 Å². The number of likely N-dealkylation sites (tertiary alicyclic amines) is 1. The number of hydrogen-bond acceptors (Lipinski definition) is 5. The standard InChI is InChI=1S/C18H23ClN4O2/c1-18(2,3)25-17(24)23-10-9-12(11-23)22(4)16-15(19)20-13-7-5-6-8-14(13)21-16/h5-8,12H,9-11H2,1-4H3. The minimum atomic E-state index is -0.492. The van der Waals surface area contributed by atoms with E-state index in [1.165, 1.54) is 0 Å². The number of rotatable bonds is 2. The fourth-order valence-corrected chi connectivity index (χ4v) is 3.18. The molecule has 1 fully saturated rings. The van der Waals surface area contributed by atoms with Gasteiger partial charge in [-0.15, -0.1) is 0 Å². The lowest BCUT2D eigenvalue weighted by molar-refractivity contribution is 0.0292. The van der Waals surface area contributed by atoms with Crippen molar-refractivity contribution in [2.45, 2.75) is 38.8 Å². The summed E-state index contributed by atoms with van der Waals surface area (Å²) in [5.41, 5.74) is 1.08. The molecule has 1 aromatic carbocycles. The van der Waals surface area contributed by atoms with Crippen molar-refractivity contribution < 1.29 is 9.53 Å². The summed E-state index contributed by atoms with van der Waals surface area (Å²) < 4.78 is 5.45. The average molecular weight is 363 g/mol. The summed E-state index contributed by atoms with van der Waals surface area (Å²) in [7, 11) is 1.94. The first-order chi connectivity index (χ1) is 11.7. The molecule has 0 aliphatic carbocycles. The van der Waals surface area contributed by atoms with Crippen LogP contribution in [0.1, 0.15) is 27.2 Å². The van der Waals surface area contributed by atoms with Gasteiger partial charge in [-0.05, 0) is 39.3 Å². The minimum absolute atomic E-state index is 0.125. The van der Waals surface area contributed by atoms with Crippen molar-refractivity contribution in [3.05, 3.63) is 29.4 Å². The Hall–Kier alpha value is -2.08. The van der Waals surface area contributed by atoms with Crippen molar-refractivity contribution in [3.8, 4) is 0 Å². The first-order valence-electron chi connectivity index (χ1n) is 8.37. The highest BCUT2D eigenvalue weighted by Crippen LogP contribution is 2.28. The van der Waals surface area contributed by atoms with Crippen LogP contribution >= 0.6 is 11.6 Å². The average Bonchev–Trinajstić information content (AvgIpc) is 3.02. The molecule has 7 heteroatoms. The second kappa shape index (κ2) is 6.67. The molecule has 1 atom stereocenters. The largest absolute Gasteiger partial charge is 0.444 e. The van der Waals surface area contributed by atoms with Crippen LogP contribution in [0.3, 0.4) is 0 Å². The lowest BCUT2D eigenvalue weighted by Gasteiger charge is -2.27. The molecule has 1 unspecified atom stereocenters. The zero-order valence-corrected chi connectivity index (χ0v) is 15.7. The third kappa shape index (κ3) is 3.95. The van der Waals surface area contributed by atoms with Crippen LogP contribution in [0.2, 0.25) is 5.15 Å². The number of carbonyl (C=O) groups excluding carboxylic acids is 1. The second-order valence-electron chi connectivity index (χ2n) is 7.31. The number of benzene rings is 1. The van der Waals surface area contributed by atoms with Gasteiger partial charge in [0.2, 0.25) is 0 Å². The summed E-state index contributed by atoms with van der Waals surface area (Å²) in [5, 5.41) is 0.372. The van der Waals surface area contributed by atoms with Gasteiger partial charge in [0.25, 0.3) is 0 Å². The van der Waals surface area contributed by atoms with Crippen LogP contribution in [0, 0.1) is 0 Å². The van der Waals surface area contributed by atoms with E-state index in [0.717, 1.165) is 17.5 Å². The van der Waals surface area contributed by atoms with Gasteiger partial charge < -0.3 is 14.5 Å². The summed E-state index contributed by atoms with van der Waals surface area (Å²) in [5.74, 6) is 0.636. The van der Waals surface area contributed by atoms with Crippen LogP contribution < -0.4 is 4.90 Å². The van der Waals surface area contributed by atoms with Gasteiger partial charge in [-0.1, -0.05) is 23.7 Å². The van der Waals surface area contributed by atoms with E-state index >= 15 is 0 Å². The molecule has 3 rings (SSSR count). The Kier molecular flexibility index (Phi) is 4.73. The first-order valence-corrected chi connectivity index (χ1v) is 8.75. The van der Waals surface area contributed by atoms with Gasteiger partial charge in [-0.25, -0.2) is 14.8 Å². The Bertz CT molecular complexity index is 790. The number of hydrogen-bond donors (Lipinski definition) is 0. The third-order valence-corrected chi connectivity index (χ3v) is 4.46. The molecule has 0 spiro atoms. The predicted molar refractivity (Wildman–Crippen MR) is 99.2 cm³/mol. The summed E-state index contributed by atoms with van der Waals surface area (Å²) in [6.45, 7) is 6.85. The van der Waals surface area contributed by atoms with Crippen LogP contribution in [-0.2, 0) is 4.74 Å². The highest BCUT2D eigenvalue weighted by molar-refractivity contribution is 6.32. The molecule has 6 nitrogen and oxygen atoms in total. The molecule has 2 aromatic rings. The second-order valence-corrected chi connectivity index (χ2v) is 7.66. The fraction of sp³-hybridized carbons (Fsp3) is 0.500. The Morgan fingerprint density at radius 3 is 2.56 bits per heavy atom. The van der Waals surface area contributed by atoms with Gasteiger partial charge >= 0.3 is 6.09 Å². The fourth-order valence-electron chi connectivity index (χ4n) is 2.92. The topological polar surface area (TPSA) is 58.6 Å². The molecule has 1 aliphatic rings. The molecular formula is C18H23ClN4O2. The van der Waals surface area contributed by atoms with Crippen molar-refractivity contribution in [2.24, 2.45) is 0 Å². The first kappa shape index (κ1) is 17.7. The monoisotopic (exact) mass is 362 g/mol. The van der Waals surface area contributed by atoms with E-state index in [9.17, 15) is 4.79 Å². The van der Waals surface area contributed by atoms with Gasteiger partial charge in [-0.2, -0.15) is 0 Å². The quantitative estimate of drug-likeness (QED) is 0.814. The van der Waals surface area contributed by atoms with Gasteiger partial charge in [0.1, 0.15) is 5.60 Å². The highest BCUT2D eigenvalue weighted by atomic mass is 35.5. The number of halogens is 1. The van der Waals surface area contributed by atoms with Crippen LogP contribution in [0.5, 0.6) is 0 Å². The van der Waals surface area contributed by atoms with E-state index in [0.29, 0.717) is 24.1 Å². The number of carbonyl (C=O) groups is 1. The SMILES string of the molecule is CN(c1nc2ccccc2nc1Cl)C1CCN(C(=O)OC(C)(C)C)C1. The normalized spacial score (nSPS) is 17.8. The van der Waals surface area contributed by atoms with E-state index in [4.69, 9.17) is 16.3 Å². The Balaban J connectivity index is 1.75. The molecule has 1 saturated heterocycles. The molecular weight excluding hydrogens is 340 g/mol. The predicted octanol–water partition coefficient (Wildman–Crippen LogP) is 3.73. The van der Waals surface area contributed by atoms with Gasteiger partial charge in [0, 0.05) is 26.2 Å². The summed E-state index contributed by atoms with van der Waals surface area (Å²) >= 11 is 6.34. The third-order valence-electron chi connectivity index (χ3n) is 4.21. The lowest BCUT2D eigenvalue weighted by atomic mass is 10.2. The van der Waals surface area contributed by atoms with Crippen molar-refractivity contribution in [1.29, 1.82) is 0 Å². The van der Waals surface area contributed by atoms with Crippen molar-refractivity contribution in [2.75, 3.05) is 25.0 Å². The van der Waals surface area contributed by atoms with Crippen LogP contribution in [0.15, 0.2) is 24.3 Å². The van der Waals surface area contributed by atoms with Gasteiger partial charge in [-0.3, -0.25) is 0 Å². The highest BCUT2D eigenvalue weighted by Gasteiger charge is 2.33. The molecule has 0 bridgehead atoms. The molecule has 134 valence electrons. The minimum Gasteiger partial charge on any atom is -0.444 e. The summed E-state index contributed by atoms with van der Waals surface area (Å²) in [4.78, 5) is 25.0. The number of para-hydroxylation sites is 2. The Morgan fingerprint density at radius 1 is 1.28 bits per heavy atom. The zero-order valence-electron chi connectivity index (χ0n) is 15.0. The number of fused-ring (bicyclic) bond motifs is 1. The smallest absolute Gasteiger partial charge is 0.410 e. The van der Waals surface area contributed by atoms with Crippen LogP contribution in [0.25, 0.3) is 11.0 Å². The number of aromatic nitrogens is 2. The lowest BCUT2D eigenvalue weighted by Crippen LogP contribution is -2.39. The molecule has 25 heavy (non-hydrogen) atoms. The Morgan fingerprint density at radius 2 is 1.92 bits per heavy atom. The summed E-state index contributed by atoms with van der Waals surface area (Å²) in [6.07, 6.45) is 0.555. The maximum Gasteiger partial charge on any atom is 0.410 e. The molecule has 1 aliphatic heterocycles. The Labute approximate surface area is 152 Å². The number of anilines is 1. The number of ether oxygens (including phenoxy) is 1. The maximum atomic E-state index is 12.2. The van der Waals surface area contributed by atoms with Crippen molar-refractivity contribution >= 4 is 34.5 Å². The van der Waals surface area contributed by atoms with Gasteiger partial charge in [0.15, 0.2) is 11.0 Å². The van der Waals surface area contributed by atoms with E-state index in [1.54, 1.807) is 4.90 Å². The zero-order chi connectivity index (χ0) is 18.2. The van der Waals surface area contributed by atoms with Crippen LogP contribution in [0.4, 0.5) is 10.6 Å². The molecule has 0 saturated carbocycles. The van der Waals surface area contributed by atoms with Gasteiger partial charge in [0.05, 0.1) is 11.0 Å². The maximum absolute atomic E-state index is 12.2.